The molecular formula is C17H17BrN2O4. The van der Waals surface area contributed by atoms with E-state index < -0.39 is 11.8 Å². The Morgan fingerprint density at radius 1 is 1.00 bits per heavy atom. The number of carbonyl (C=O) groups is 2. The standard InChI is InChI=1S/C17H17BrN2O4/c1-23-13-6-7-14(15(9-13)24-2)20-17(22)10-16(21)19-12-5-3-4-11(18)8-12/h3-9H,10H2,1-2H3,(H,19,21)(H,20,22). The van der Waals surface area contributed by atoms with Crippen LogP contribution in [0.2, 0.25) is 0 Å². The minimum atomic E-state index is -0.439. The van der Waals surface area contributed by atoms with Crippen molar-refractivity contribution in [1.29, 1.82) is 0 Å². The van der Waals surface area contributed by atoms with Crippen LogP contribution in [0.5, 0.6) is 11.5 Å². The van der Waals surface area contributed by atoms with Crippen LogP contribution in [0, 0.1) is 0 Å². The van der Waals surface area contributed by atoms with Gasteiger partial charge >= 0.3 is 0 Å². The first-order valence-corrected chi connectivity index (χ1v) is 7.88. The summed E-state index contributed by atoms with van der Waals surface area (Å²) in [6.45, 7) is 0. The van der Waals surface area contributed by atoms with Crippen molar-refractivity contribution in [2.24, 2.45) is 0 Å². The van der Waals surface area contributed by atoms with E-state index in [9.17, 15) is 9.59 Å². The Kier molecular flexibility index (Phi) is 6.20. The highest BCUT2D eigenvalue weighted by Gasteiger charge is 2.13. The number of carbonyl (C=O) groups excluding carboxylic acids is 2. The van der Waals surface area contributed by atoms with Gasteiger partial charge in [-0.3, -0.25) is 9.59 Å². The number of nitrogens with one attached hydrogen (secondary N) is 2. The Labute approximate surface area is 148 Å². The largest absolute Gasteiger partial charge is 0.497 e. The molecule has 2 N–H and O–H groups in total. The van der Waals surface area contributed by atoms with Gasteiger partial charge in [-0.1, -0.05) is 22.0 Å². The topological polar surface area (TPSA) is 76.7 Å². The number of ether oxygens (including phenoxy) is 2. The van der Waals surface area contributed by atoms with E-state index in [0.717, 1.165) is 4.47 Å². The lowest BCUT2D eigenvalue weighted by Gasteiger charge is -2.11. The zero-order chi connectivity index (χ0) is 17.5. The number of methoxy groups -OCH3 is 2. The molecule has 0 radical (unpaired) electrons. The first-order chi connectivity index (χ1) is 11.5. The fourth-order valence-corrected chi connectivity index (χ4v) is 2.41. The third-order valence-electron chi connectivity index (χ3n) is 3.11. The zero-order valence-corrected chi connectivity index (χ0v) is 14.8. The molecule has 0 unspecified atom stereocenters. The molecule has 0 aliphatic rings. The lowest BCUT2D eigenvalue weighted by atomic mass is 10.2. The smallest absolute Gasteiger partial charge is 0.233 e. The Morgan fingerprint density at radius 3 is 2.42 bits per heavy atom. The zero-order valence-electron chi connectivity index (χ0n) is 13.3. The van der Waals surface area contributed by atoms with E-state index in [4.69, 9.17) is 9.47 Å². The molecule has 2 amide bonds. The van der Waals surface area contributed by atoms with Crippen molar-refractivity contribution >= 4 is 39.1 Å². The summed E-state index contributed by atoms with van der Waals surface area (Å²) in [7, 11) is 3.03. The lowest BCUT2D eigenvalue weighted by molar-refractivity contribution is -0.123. The number of halogens is 1. The molecule has 2 rings (SSSR count). The van der Waals surface area contributed by atoms with E-state index in [-0.39, 0.29) is 6.42 Å². The summed E-state index contributed by atoms with van der Waals surface area (Å²) in [6.07, 6.45) is -0.304. The first kappa shape index (κ1) is 17.8. The summed E-state index contributed by atoms with van der Waals surface area (Å²) in [5.74, 6) is 0.219. The summed E-state index contributed by atoms with van der Waals surface area (Å²) < 4.78 is 11.1. The molecule has 24 heavy (non-hydrogen) atoms. The molecule has 126 valence electrons. The summed E-state index contributed by atoms with van der Waals surface area (Å²) in [5.41, 5.74) is 1.09. The fraction of sp³-hybridized carbons (Fsp3) is 0.176. The minimum Gasteiger partial charge on any atom is -0.497 e. The number of benzene rings is 2. The Morgan fingerprint density at radius 2 is 1.75 bits per heavy atom. The molecule has 0 spiro atoms. The Bertz CT molecular complexity index is 749. The van der Waals surface area contributed by atoms with E-state index in [1.165, 1.54) is 7.11 Å². The molecule has 0 atom stereocenters. The van der Waals surface area contributed by atoms with E-state index in [1.54, 1.807) is 43.5 Å². The predicted octanol–water partition coefficient (Wildman–Crippen LogP) is 3.43. The van der Waals surface area contributed by atoms with Crippen molar-refractivity contribution in [3.63, 3.8) is 0 Å². The van der Waals surface area contributed by atoms with Crippen LogP contribution in [0.25, 0.3) is 0 Å². The average Bonchev–Trinajstić information content (AvgIpc) is 2.54. The molecule has 7 heteroatoms. The average molecular weight is 393 g/mol. The van der Waals surface area contributed by atoms with Crippen molar-refractivity contribution in [2.75, 3.05) is 24.9 Å². The number of hydrogen-bond donors (Lipinski definition) is 2. The summed E-state index contributed by atoms with van der Waals surface area (Å²) in [5, 5.41) is 5.32. The molecule has 2 aromatic carbocycles. The van der Waals surface area contributed by atoms with E-state index in [2.05, 4.69) is 26.6 Å². The van der Waals surface area contributed by atoms with Crippen molar-refractivity contribution in [3.05, 3.63) is 46.9 Å². The van der Waals surface area contributed by atoms with Gasteiger partial charge in [0.1, 0.15) is 17.9 Å². The van der Waals surface area contributed by atoms with Gasteiger partial charge in [0, 0.05) is 16.2 Å². The molecule has 6 nitrogen and oxygen atoms in total. The van der Waals surface area contributed by atoms with Crippen LogP contribution in [-0.4, -0.2) is 26.0 Å². The summed E-state index contributed by atoms with van der Waals surface area (Å²) in [4.78, 5) is 24.0. The Hall–Kier alpha value is -2.54. The molecule has 0 bridgehead atoms. The second-order valence-electron chi connectivity index (χ2n) is 4.85. The van der Waals surface area contributed by atoms with Crippen LogP contribution in [0.15, 0.2) is 46.9 Å². The van der Waals surface area contributed by atoms with Crippen LogP contribution in [0.4, 0.5) is 11.4 Å². The van der Waals surface area contributed by atoms with Crippen molar-refractivity contribution in [1.82, 2.24) is 0 Å². The van der Waals surface area contributed by atoms with Crippen LogP contribution in [0.3, 0.4) is 0 Å². The van der Waals surface area contributed by atoms with Gasteiger partial charge in [-0.2, -0.15) is 0 Å². The molecule has 0 aliphatic carbocycles. The van der Waals surface area contributed by atoms with Gasteiger partial charge in [-0.15, -0.1) is 0 Å². The monoisotopic (exact) mass is 392 g/mol. The van der Waals surface area contributed by atoms with Gasteiger partial charge in [0.05, 0.1) is 19.9 Å². The van der Waals surface area contributed by atoms with Crippen LogP contribution >= 0.6 is 15.9 Å². The highest BCUT2D eigenvalue weighted by molar-refractivity contribution is 9.10. The molecule has 0 saturated carbocycles. The van der Waals surface area contributed by atoms with Gasteiger partial charge < -0.3 is 20.1 Å². The normalized spacial score (nSPS) is 9.96. The predicted molar refractivity (Wildman–Crippen MR) is 95.6 cm³/mol. The maximum Gasteiger partial charge on any atom is 0.233 e. The SMILES string of the molecule is COc1ccc(NC(=O)CC(=O)Nc2cccc(Br)c2)c(OC)c1. The second-order valence-corrected chi connectivity index (χ2v) is 5.77. The molecular weight excluding hydrogens is 376 g/mol. The third kappa shape index (κ3) is 4.99. The Balaban J connectivity index is 1.96. The second kappa shape index (κ2) is 8.35. The van der Waals surface area contributed by atoms with Crippen LogP contribution in [-0.2, 0) is 9.59 Å². The summed E-state index contributed by atoms with van der Waals surface area (Å²) >= 11 is 3.32. The molecule has 0 heterocycles. The van der Waals surface area contributed by atoms with Gasteiger partial charge in [-0.05, 0) is 30.3 Å². The van der Waals surface area contributed by atoms with Gasteiger partial charge in [-0.25, -0.2) is 0 Å². The minimum absolute atomic E-state index is 0.304. The van der Waals surface area contributed by atoms with Crippen molar-refractivity contribution < 1.29 is 19.1 Å². The number of hydrogen-bond acceptors (Lipinski definition) is 4. The van der Waals surface area contributed by atoms with Crippen LogP contribution < -0.4 is 20.1 Å². The van der Waals surface area contributed by atoms with Gasteiger partial charge in [0.15, 0.2) is 0 Å². The van der Waals surface area contributed by atoms with Gasteiger partial charge in [0.2, 0.25) is 11.8 Å². The molecule has 0 aromatic heterocycles. The van der Waals surface area contributed by atoms with Gasteiger partial charge in [0.25, 0.3) is 0 Å². The highest BCUT2D eigenvalue weighted by atomic mass is 79.9. The fourth-order valence-electron chi connectivity index (χ4n) is 2.01. The molecule has 0 saturated heterocycles. The number of amides is 2. The maximum atomic E-state index is 12.0. The molecule has 2 aromatic rings. The van der Waals surface area contributed by atoms with E-state index in [1.807, 2.05) is 6.07 Å². The summed E-state index contributed by atoms with van der Waals surface area (Å²) in [6, 6.07) is 12.1. The van der Waals surface area contributed by atoms with Crippen LogP contribution in [0.1, 0.15) is 6.42 Å². The number of rotatable bonds is 6. The van der Waals surface area contributed by atoms with E-state index in [0.29, 0.717) is 22.9 Å². The lowest BCUT2D eigenvalue weighted by Crippen LogP contribution is -2.21. The maximum absolute atomic E-state index is 12.0. The van der Waals surface area contributed by atoms with E-state index >= 15 is 0 Å². The van der Waals surface area contributed by atoms with Crippen molar-refractivity contribution in [3.8, 4) is 11.5 Å². The third-order valence-corrected chi connectivity index (χ3v) is 3.61. The molecule has 0 fully saturated rings. The molecule has 0 aliphatic heterocycles. The number of anilines is 2. The quantitative estimate of drug-likeness (QED) is 0.738. The van der Waals surface area contributed by atoms with Crippen molar-refractivity contribution in [2.45, 2.75) is 6.42 Å². The highest BCUT2D eigenvalue weighted by Crippen LogP contribution is 2.29. The first-order valence-electron chi connectivity index (χ1n) is 7.09.